The zero-order chi connectivity index (χ0) is 26.1. The lowest BCUT2D eigenvalue weighted by atomic mass is 9.89. The van der Waals surface area contributed by atoms with Crippen LogP contribution in [0.2, 0.25) is 0 Å². The van der Waals surface area contributed by atoms with E-state index in [-0.39, 0.29) is 12.1 Å². The average molecular weight is 529 g/mol. The Hall–Kier alpha value is -3.85. The third-order valence-electron chi connectivity index (χ3n) is 8.87. The van der Waals surface area contributed by atoms with Crippen molar-refractivity contribution in [3.8, 4) is 0 Å². The summed E-state index contributed by atoms with van der Waals surface area (Å²) in [4.78, 5) is 12.3. The minimum absolute atomic E-state index is 0.0376. The Morgan fingerprint density at radius 1 is 0.538 bits per heavy atom. The van der Waals surface area contributed by atoms with Crippen LogP contribution < -0.4 is 9.34 Å². The molecule has 1 aliphatic heterocycles. The molecule has 6 aromatic rings. The van der Waals surface area contributed by atoms with Crippen molar-refractivity contribution in [3.05, 3.63) is 109 Å². The van der Waals surface area contributed by atoms with Crippen LogP contribution in [0.15, 0.2) is 109 Å². The van der Waals surface area contributed by atoms with Gasteiger partial charge in [-0.25, -0.2) is 4.57 Å². The Labute approximate surface area is 227 Å². The molecular formula is C34H29N2O2P. The van der Waals surface area contributed by atoms with Gasteiger partial charge in [-0.05, 0) is 57.3 Å². The number of anilines is 2. The van der Waals surface area contributed by atoms with Crippen LogP contribution >= 0.6 is 7.67 Å². The van der Waals surface area contributed by atoms with Gasteiger partial charge in [0.2, 0.25) is 0 Å². The first-order chi connectivity index (χ1) is 19.1. The van der Waals surface area contributed by atoms with Gasteiger partial charge < -0.3 is 4.89 Å². The van der Waals surface area contributed by atoms with Crippen molar-refractivity contribution < 1.29 is 9.46 Å². The fraction of sp³-hybridized carbons (Fsp3) is 0.176. The number of hydrogen-bond acceptors (Lipinski definition) is 1. The van der Waals surface area contributed by atoms with Gasteiger partial charge in [-0.2, -0.15) is 0 Å². The molecule has 2 atom stereocenters. The lowest BCUT2D eigenvalue weighted by Crippen LogP contribution is -2.40. The van der Waals surface area contributed by atoms with Gasteiger partial charge in [0.15, 0.2) is 0 Å². The van der Waals surface area contributed by atoms with Crippen molar-refractivity contribution in [1.29, 1.82) is 0 Å². The van der Waals surface area contributed by atoms with Crippen LogP contribution in [0.25, 0.3) is 43.1 Å². The standard InChI is InChI=1S/C34H29N2O2P/c37-39(38)35(33-21-23-11-1-3-13-25(23)27-15-5-7-17-29(27)33)31-19-9-10-20-32(31)36(39)34-22-24-12-2-4-14-26(24)28-16-6-8-18-30(28)34/h1-8,11-18,21-22,31-32H,9-10,19-20H2,(H,37,38)/t31-,32-/m1/s1. The minimum atomic E-state index is -4.01. The highest BCUT2D eigenvalue weighted by Crippen LogP contribution is 2.65. The molecule has 1 aliphatic carbocycles. The van der Waals surface area contributed by atoms with E-state index in [2.05, 4.69) is 84.9 Å². The lowest BCUT2D eigenvalue weighted by molar-refractivity contribution is 0.410. The van der Waals surface area contributed by atoms with Crippen molar-refractivity contribution in [1.82, 2.24) is 0 Å². The van der Waals surface area contributed by atoms with Crippen LogP contribution in [0.3, 0.4) is 0 Å². The van der Waals surface area contributed by atoms with Gasteiger partial charge in [0.25, 0.3) is 0 Å². The van der Waals surface area contributed by atoms with Crippen molar-refractivity contribution >= 4 is 62.1 Å². The van der Waals surface area contributed by atoms with E-state index in [0.29, 0.717) is 0 Å². The maximum Gasteiger partial charge on any atom is 0.395 e. The van der Waals surface area contributed by atoms with E-state index in [1.165, 1.54) is 10.8 Å². The monoisotopic (exact) mass is 528 g/mol. The molecule has 2 fully saturated rings. The highest BCUT2D eigenvalue weighted by atomic mass is 31.2. The third kappa shape index (κ3) is 3.32. The van der Waals surface area contributed by atoms with E-state index in [4.69, 9.17) is 0 Å². The average Bonchev–Trinajstić information content (AvgIpc) is 3.22. The molecular weight excluding hydrogens is 499 g/mol. The summed E-state index contributed by atoms with van der Waals surface area (Å²) in [6.07, 6.45) is 3.93. The van der Waals surface area contributed by atoms with Gasteiger partial charge >= 0.3 is 7.67 Å². The van der Waals surface area contributed by atoms with Gasteiger partial charge in [-0.3, -0.25) is 9.34 Å². The summed E-state index contributed by atoms with van der Waals surface area (Å²) in [5, 5.41) is 8.81. The van der Waals surface area contributed by atoms with E-state index in [1.807, 2.05) is 33.6 Å². The molecule has 8 rings (SSSR count). The summed E-state index contributed by atoms with van der Waals surface area (Å²) < 4.78 is 18.8. The summed E-state index contributed by atoms with van der Waals surface area (Å²) >= 11 is 0. The van der Waals surface area contributed by atoms with Crippen LogP contribution in [0.4, 0.5) is 11.4 Å². The topological polar surface area (TPSA) is 43.8 Å². The molecule has 0 bridgehead atoms. The van der Waals surface area contributed by atoms with Crippen LogP contribution in [-0.2, 0) is 4.57 Å². The Kier molecular flexibility index (Phi) is 5.07. The largest absolute Gasteiger partial charge is 0.395 e. The van der Waals surface area contributed by atoms with Crippen LogP contribution in [-0.4, -0.2) is 17.0 Å². The van der Waals surface area contributed by atoms with Crippen molar-refractivity contribution in [2.24, 2.45) is 0 Å². The second kappa shape index (κ2) is 8.58. The predicted molar refractivity (Wildman–Crippen MR) is 164 cm³/mol. The van der Waals surface area contributed by atoms with Gasteiger partial charge in [-0.1, -0.05) is 110 Å². The zero-order valence-corrected chi connectivity index (χ0v) is 22.5. The van der Waals surface area contributed by atoms with E-state index in [0.717, 1.165) is 69.4 Å². The van der Waals surface area contributed by atoms with E-state index in [9.17, 15) is 4.89 Å². The molecule has 0 amide bonds. The molecule has 1 saturated carbocycles. The number of nitrogens with zero attached hydrogens (tertiary/aromatic N) is 2. The first-order valence-electron chi connectivity index (χ1n) is 13.9. The van der Waals surface area contributed by atoms with Crippen molar-refractivity contribution in [3.63, 3.8) is 0 Å². The van der Waals surface area contributed by atoms with Gasteiger partial charge in [-0.15, -0.1) is 0 Å². The van der Waals surface area contributed by atoms with E-state index < -0.39 is 7.67 Å². The van der Waals surface area contributed by atoms with Gasteiger partial charge in [0, 0.05) is 10.8 Å². The molecule has 1 N–H and O–H groups in total. The summed E-state index contributed by atoms with van der Waals surface area (Å²) in [5.74, 6) is 0. The fourth-order valence-electron chi connectivity index (χ4n) is 7.24. The molecule has 2 aliphatic rings. The number of fused-ring (bicyclic) bond motifs is 7. The smallest absolute Gasteiger partial charge is 0.313 e. The Balaban J connectivity index is 1.41. The molecule has 0 aromatic heterocycles. The number of benzene rings is 6. The summed E-state index contributed by atoms with van der Waals surface area (Å²) in [5.41, 5.74) is 1.72. The Morgan fingerprint density at radius 2 is 0.897 bits per heavy atom. The molecule has 4 nitrogen and oxygen atoms in total. The summed E-state index contributed by atoms with van der Waals surface area (Å²) in [6.45, 7) is 0. The van der Waals surface area contributed by atoms with Crippen LogP contribution in [0.1, 0.15) is 25.7 Å². The predicted octanol–water partition coefficient (Wildman–Crippen LogP) is 9.04. The molecule has 1 heterocycles. The summed E-state index contributed by atoms with van der Waals surface area (Å²) in [6, 6.07) is 37.5. The van der Waals surface area contributed by atoms with E-state index >= 15 is 4.57 Å². The van der Waals surface area contributed by atoms with Crippen LogP contribution in [0.5, 0.6) is 0 Å². The first-order valence-corrected chi connectivity index (χ1v) is 15.4. The summed E-state index contributed by atoms with van der Waals surface area (Å²) in [7, 11) is -4.01. The molecule has 1 saturated heterocycles. The Morgan fingerprint density at radius 3 is 1.33 bits per heavy atom. The maximum atomic E-state index is 15.0. The fourth-order valence-corrected chi connectivity index (χ4v) is 9.65. The molecule has 192 valence electrons. The molecule has 39 heavy (non-hydrogen) atoms. The number of hydrogen-bond donors (Lipinski definition) is 1. The van der Waals surface area contributed by atoms with Crippen molar-refractivity contribution in [2.75, 3.05) is 9.34 Å². The second-order valence-corrected chi connectivity index (χ2v) is 12.8. The SMILES string of the molecule is O=P1(O)N(c2cc3ccccc3c3ccccc23)[C@@H]2CCCC[C@H]2N1c1cc2ccccc2c2ccccc12. The highest BCUT2D eigenvalue weighted by Gasteiger charge is 2.55. The third-order valence-corrected chi connectivity index (χ3v) is 11.0. The minimum Gasteiger partial charge on any atom is -0.313 e. The molecule has 6 aromatic carbocycles. The quantitative estimate of drug-likeness (QED) is 0.180. The molecule has 0 spiro atoms. The second-order valence-electron chi connectivity index (χ2n) is 10.9. The van der Waals surface area contributed by atoms with Gasteiger partial charge in [0.05, 0.1) is 23.5 Å². The molecule has 5 heteroatoms. The first kappa shape index (κ1) is 23.1. The normalized spacial score (nSPS) is 20.7. The van der Waals surface area contributed by atoms with E-state index in [1.54, 1.807) is 0 Å². The van der Waals surface area contributed by atoms with Gasteiger partial charge in [0.1, 0.15) is 0 Å². The molecule has 0 radical (unpaired) electrons. The number of rotatable bonds is 2. The highest BCUT2D eigenvalue weighted by molar-refractivity contribution is 7.62. The van der Waals surface area contributed by atoms with Crippen molar-refractivity contribution in [2.45, 2.75) is 37.8 Å². The zero-order valence-electron chi connectivity index (χ0n) is 21.6. The van der Waals surface area contributed by atoms with Crippen LogP contribution in [0, 0.1) is 0 Å². The Bertz CT molecular complexity index is 1830. The molecule has 0 unspecified atom stereocenters. The maximum absolute atomic E-state index is 15.0. The lowest BCUT2D eigenvalue weighted by Gasteiger charge is -2.32.